The van der Waals surface area contributed by atoms with Gasteiger partial charge in [0.05, 0.1) is 23.6 Å². The molecule has 1 fully saturated rings. The predicted octanol–water partition coefficient (Wildman–Crippen LogP) is 1.47. The Balaban J connectivity index is 1.72. The number of allylic oxidation sites excluding steroid dienone is 1. The molecule has 0 aromatic heterocycles. The van der Waals surface area contributed by atoms with Crippen LogP contribution in [0.3, 0.4) is 0 Å². The van der Waals surface area contributed by atoms with Crippen LogP contribution >= 0.6 is 0 Å². The van der Waals surface area contributed by atoms with Crippen molar-refractivity contribution in [2.45, 2.75) is 32.5 Å². The number of hydrogen-bond donors (Lipinski definition) is 0. The zero-order valence-corrected chi connectivity index (χ0v) is 16.5. The van der Waals surface area contributed by atoms with Crippen LogP contribution in [0, 0.1) is 0 Å². The third-order valence-electron chi connectivity index (χ3n) is 5.14. The maximum Gasteiger partial charge on any atom is 0.346 e. The number of guanidine groups is 1. The van der Waals surface area contributed by atoms with Crippen LogP contribution in [0.2, 0.25) is 0 Å². The summed E-state index contributed by atoms with van der Waals surface area (Å²) in [6, 6.07) is 0. The van der Waals surface area contributed by atoms with Gasteiger partial charge < -0.3 is 14.5 Å². The fraction of sp³-hybridized carbons (Fsp3) is 0.706. The number of likely N-dealkylation sites (N-methyl/N-ethyl adjacent to an activating group) is 1. The Morgan fingerprint density at radius 3 is 2.52 bits per heavy atom. The number of halogens is 2. The zero-order valence-electron chi connectivity index (χ0n) is 15.6. The van der Waals surface area contributed by atoms with Gasteiger partial charge in [-0.2, -0.15) is 8.78 Å². The first kappa shape index (κ1) is 20.2. The van der Waals surface area contributed by atoms with Gasteiger partial charge in [-0.05, 0) is 26.0 Å². The van der Waals surface area contributed by atoms with Crippen molar-refractivity contribution in [3.8, 4) is 0 Å². The summed E-state index contributed by atoms with van der Waals surface area (Å²) in [6.07, 6.45) is 4.26. The minimum absolute atomic E-state index is 0.0674. The molecule has 0 radical (unpaired) electrons. The van der Waals surface area contributed by atoms with E-state index in [0.29, 0.717) is 19.0 Å². The number of rotatable bonds is 5. The van der Waals surface area contributed by atoms with Gasteiger partial charge in [-0.25, -0.2) is 12.7 Å². The van der Waals surface area contributed by atoms with Crippen LogP contribution in [-0.4, -0.2) is 86.5 Å². The molecule has 1 unspecified atom stereocenters. The zero-order chi connectivity index (χ0) is 19.7. The quantitative estimate of drug-likeness (QED) is 0.694. The highest BCUT2D eigenvalue weighted by Crippen LogP contribution is 2.30. The van der Waals surface area contributed by atoms with Gasteiger partial charge in [0.25, 0.3) is 10.0 Å². The smallest absolute Gasteiger partial charge is 0.339 e. The average molecular weight is 404 g/mol. The molecule has 0 N–H and O–H groups in total. The van der Waals surface area contributed by atoms with Crippen molar-refractivity contribution in [2.24, 2.45) is 4.99 Å². The number of nitrogens with zero attached hydrogens (tertiary/aromatic N) is 4. The van der Waals surface area contributed by atoms with Crippen molar-refractivity contribution in [3.05, 3.63) is 23.1 Å². The molecule has 0 aromatic rings. The third-order valence-corrected chi connectivity index (χ3v) is 6.96. The van der Waals surface area contributed by atoms with E-state index < -0.39 is 22.2 Å². The largest absolute Gasteiger partial charge is 0.346 e. The predicted molar refractivity (Wildman–Crippen MR) is 98.9 cm³/mol. The molecule has 3 rings (SSSR count). The van der Waals surface area contributed by atoms with Crippen molar-refractivity contribution in [3.63, 3.8) is 0 Å². The van der Waals surface area contributed by atoms with E-state index in [1.807, 2.05) is 4.90 Å². The molecule has 0 amide bonds. The van der Waals surface area contributed by atoms with E-state index in [1.165, 1.54) is 29.5 Å². The summed E-state index contributed by atoms with van der Waals surface area (Å²) in [5, 5.41) is 0. The molecule has 7 nitrogen and oxygen atoms in total. The van der Waals surface area contributed by atoms with Crippen molar-refractivity contribution in [1.29, 1.82) is 0 Å². The molecule has 1 atom stereocenters. The standard InChI is InChI=1S/C17H26F2N4O3S/c1-3-21-10-12-22(13-11-21)16-20-8-9-23(16)27(24,25)14-4-6-17(2,7-5-14)26-15(18)19/h4-6,15H,3,7-13H2,1-2H3. The van der Waals surface area contributed by atoms with Crippen LogP contribution < -0.4 is 0 Å². The Morgan fingerprint density at radius 1 is 1.26 bits per heavy atom. The molecule has 0 saturated carbocycles. The first-order chi connectivity index (χ1) is 12.7. The summed E-state index contributed by atoms with van der Waals surface area (Å²) in [7, 11) is -3.78. The normalized spacial score (nSPS) is 27.3. The highest BCUT2D eigenvalue weighted by Gasteiger charge is 2.37. The number of piperazine rings is 1. The number of hydrogen-bond acceptors (Lipinski definition) is 6. The van der Waals surface area contributed by atoms with E-state index in [0.717, 1.165) is 32.7 Å². The Morgan fingerprint density at radius 2 is 1.96 bits per heavy atom. The molecule has 152 valence electrons. The van der Waals surface area contributed by atoms with Crippen LogP contribution in [0.25, 0.3) is 0 Å². The minimum Gasteiger partial charge on any atom is -0.339 e. The monoisotopic (exact) mass is 404 g/mol. The molecular weight excluding hydrogens is 378 g/mol. The average Bonchev–Trinajstić information content (AvgIpc) is 3.12. The molecule has 27 heavy (non-hydrogen) atoms. The van der Waals surface area contributed by atoms with Gasteiger partial charge in [-0.3, -0.25) is 4.99 Å². The summed E-state index contributed by atoms with van der Waals surface area (Å²) in [6.45, 7) is 5.59. The number of alkyl halides is 2. The number of ether oxygens (including phenoxy) is 1. The van der Waals surface area contributed by atoms with E-state index in [9.17, 15) is 17.2 Å². The van der Waals surface area contributed by atoms with Crippen molar-refractivity contribution in [2.75, 3.05) is 45.8 Å². The van der Waals surface area contributed by atoms with E-state index in [2.05, 4.69) is 21.6 Å². The van der Waals surface area contributed by atoms with E-state index in [4.69, 9.17) is 0 Å². The van der Waals surface area contributed by atoms with Gasteiger partial charge in [-0.15, -0.1) is 0 Å². The summed E-state index contributed by atoms with van der Waals surface area (Å²) in [4.78, 5) is 8.83. The lowest BCUT2D eigenvalue weighted by molar-refractivity contribution is -0.184. The van der Waals surface area contributed by atoms with Crippen LogP contribution in [0.15, 0.2) is 28.1 Å². The highest BCUT2D eigenvalue weighted by molar-refractivity contribution is 7.93. The summed E-state index contributed by atoms with van der Waals surface area (Å²) in [5.74, 6) is 0.484. The van der Waals surface area contributed by atoms with E-state index in [-0.39, 0.29) is 11.3 Å². The molecule has 2 heterocycles. The Kier molecular flexibility index (Phi) is 5.87. The minimum atomic E-state index is -3.78. The fourth-order valence-corrected chi connectivity index (χ4v) is 4.98. The summed E-state index contributed by atoms with van der Waals surface area (Å²) in [5.41, 5.74) is -1.20. The lowest BCUT2D eigenvalue weighted by Gasteiger charge is -2.37. The summed E-state index contributed by atoms with van der Waals surface area (Å²) >= 11 is 0. The van der Waals surface area contributed by atoms with Gasteiger partial charge >= 0.3 is 6.61 Å². The molecular formula is C17H26F2N4O3S. The molecule has 3 aliphatic rings. The lowest BCUT2D eigenvalue weighted by atomic mass is 9.98. The Labute approximate surface area is 159 Å². The first-order valence-electron chi connectivity index (χ1n) is 9.15. The van der Waals surface area contributed by atoms with E-state index >= 15 is 0 Å². The molecule has 0 spiro atoms. The third kappa shape index (κ3) is 4.33. The van der Waals surface area contributed by atoms with Crippen LogP contribution in [0.1, 0.15) is 20.3 Å². The summed E-state index contributed by atoms with van der Waals surface area (Å²) < 4.78 is 57.2. The maximum absolute atomic E-state index is 13.1. The van der Waals surface area contributed by atoms with Gasteiger partial charge in [0.15, 0.2) is 0 Å². The van der Waals surface area contributed by atoms with Gasteiger partial charge in [0.1, 0.15) is 0 Å². The van der Waals surface area contributed by atoms with Crippen molar-refractivity contribution in [1.82, 2.24) is 14.1 Å². The van der Waals surface area contributed by atoms with Gasteiger partial charge in [-0.1, -0.05) is 19.1 Å². The Bertz CT molecular complexity index is 745. The topological polar surface area (TPSA) is 65.5 Å². The lowest BCUT2D eigenvalue weighted by Crippen LogP contribution is -2.53. The fourth-order valence-electron chi connectivity index (χ4n) is 3.48. The molecule has 10 heteroatoms. The molecule has 1 aliphatic carbocycles. The second kappa shape index (κ2) is 7.84. The molecule has 2 aliphatic heterocycles. The Hall–Kier alpha value is -1.52. The second-order valence-corrected chi connectivity index (χ2v) is 8.88. The number of aliphatic imine (C=N–C) groups is 1. The van der Waals surface area contributed by atoms with Crippen molar-refractivity contribution >= 4 is 16.0 Å². The van der Waals surface area contributed by atoms with Crippen LogP contribution in [-0.2, 0) is 14.8 Å². The van der Waals surface area contributed by atoms with Gasteiger partial charge in [0, 0.05) is 26.2 Å². The number of sulfonamides is 1. The van der Waals surface area contributed by atoms with Crippen LogP contribution in [0.4, 0.5) is 8.78 Å². The SMILES string of the molecule is CCN1CCN(C2=NCCN2S(=O)(=O)C2=CCC(C)(OC(F)F)C=C2)CC1. The highest BCUT2D eigenvalue weighted by atomic mass is 32.2. The van der Waals surface area contributed by atoms with Gasteiger partial charge in [0.2, 0.25) is 5.96 Å². The molecule has 0 aromatic carbocycles. The van der Waals surface area contributed by atoms with E-state index in [1.54, 1.807) is 0 Å². The van der Waals surface area contributed by atoms with Crippen LogP contribution in [0.5, 0.6) is 0 Å². The maximum atomic E-state index is 13.1. The molecule has 1 saturated heterocycles. The first-order valence-corrected chi connectivity index (χ1v) is 10.6. The van der Waals surface area contributed by atoms with Crippen molar-refractivity contribution < 1.29 is 21.9 Å². The second-order valence-electron chi connectivity index (χ2n) is 7.02. The molecule has 0 bridgehead atoms.